The zero-order chi connectivity index (χ0) is 25.8. The lowest BCUT2D eigenvalue weighted by Crippen LogP contribution is -2.16. The van der Waals surface area contributed by atoms with Gasteiger partial charge in [0.15, 0.2) is 5.78 Å². The monoisotopic (exact) mass is 495 g/mol. The molecule has 0 aliphatic carbocycles. The molecular weight excluding hydrogens is 474 g/mol. The van der Waals surface area contributed by atoms with Crippen molar-refractivity contribution in [2.75, 3.05) is 5.32 Å². The molecule has 0 aliphatic rings. The number of carbonyl (C=O) groups is 4. The SMILES string of the molecule is CCc1ccc(S(=O)(=O)c2ccc(NC(=O)c3cc(C(C)=O)c(C(=O)O)cc3OC=O)cc2)cc1. The quantitative estimate of drug-likeness (QED) is 0.337. The summed E-state index contributed by atoms with van der Waals surface area (Å²) < 4.78 is 30.5. The van der Waals surface area contributed by atoms with Crippen LogP contribution in [0.25, 0.3) is 0 Å². The van der Waals surface area contributed by atoms with E-state index in [0.29, 0.717) is 0 Å². The predicted octanol–water partition coefficient (Wildman–Crippen LogP) is 3.77. The van der Waals surface area contributed by atoms with Gasteiger partial charge in [0.1, 0.15) is 5.75 Å². The van der Waals surface area contributed by atoms with Gasteiger partial charge < -0.3 is 15.2 Å². The minimum Gasteiger partial charge on any atom is -0.478 e. The molecule has 180 valence electrons. The summed E-state index contributed by atoms with van der Waals surface area (Å²) in [5.74, 6) is -3.18. The van der Waals surface area contributed by atoms with E-state index in [4.69, 9.17) is 4.74 Å². The van der Waals surface area contributed by atoms with Crippen molar-refractivity contribution in [3.05, 3.63) is 82.9 Å². The molecule has 0 atom stereocenters. The van der Waals surface area contributed by atoms with Crippen molar-refractivity contribution in [3.8, 4) is 5.75 Å². The summed E-state index contributed by atoms with van der Waals surface area (Å²) in [6.45, 7) is 3.13. The Hall–Kier alpha value is -4.31. The second-order valence-electron chi connectivity index (χ2n) is 7.45. The summed E-state index contributed by atoms with van der Waals surface area (Å²) in [5.41, 5.74) is 0.312. The first-order valence-electron chi connectivity index (χ1n) is 10.4. The molecule has 0 saturated heterocycles. The smallest absolute Gasteiger partial charge is 0.336 e. The molecule has 0 fully saturated rings. The number of aromatic carboxylic acids is 1. The van der Waals surface area contributed by atoms with E-state index in [9.17, 15) is 32.7 Å². The number of amides is 1. The fourth-order valence-electron chi connectivity index (χ4n) is 3.33. The molecule has 0 aromatic heterocycles. The zero-order valence-corrected chi connectivity index (χ0v) is 19.6. The third kappa shape index (κ3) is 5.44. The molecule has 0 spiro atoms. The van der Waals surface area contributed by atoms with Gasteiger partial charge in [-0.1, -0.05) is 19.1 Å². The van der Waals surface area contributed by atoms with E-state index >= 15 is 0 Å². The van der Waals surface area contributed by atoms with Gasteiger partial charge in [-0.3, -0.25) is 14.4 Å². The van der Waals surface area contributed by atoms with Crippen LogP contribution in [0.3, 0.4) is 0 Å². The van der Waals surface area contributed by atoms with Gasteiger partial charge in [-0.05, 0) is 67.4 Å². The van der Waals surface area contributed by atoms with Gasteiger partial charge in [0.25, 0.3) is 12.4 Å². The molecule has 1 amide bonds. The fourth-order valence-corrected chi connectivity index (χ4v) is 4.59. The number of benzene rings is 3. The van der Waals surface area contributed by atoms with E-state index in [1.807, 2.05) is 6.92 Å². The third-order valence-corrected chi connectivity index (χ3v) is 7.00. The third-order valence-electron chi connectivity index (χ3n) is 5.21. The number of nitrogens with one attached hydrogen (secondary N) is 1. The molecule has 10 heteroatoms. The van der Waals surface area contributed by atoms with E-state index < -0.39 is 33.1 Å². The number of ether oxygens (including phenoxy) is 1. The van der Waals surface area contributed by atoms with Crippen LogP contribution < -0.4 is 10.1 Å². The summed E-state index contributed by atoms with van der Waals surface area (Å²) >= 11 is 0. The van der Waals surface area contributed by atoms with Crippen LogP contribution in [0.5, 0.6) is 5.75 Å². The van der Waals surface area contributed by atoms with Crippen molar-refractivity contribution in [1.82, 2.24) is 0 Å². The number of carbonyl (C=O) groups excluding carboxylic acids is 3. The number of ketones is 1. The normalized spacial score (nSPS) is 10.9. The van der Waals surface area contributed by atoms with Crippen molar-refractivity contribution >= 4 is 39.7 Å². The highest BCUT2D eigenvalue weighted by atomic mass is 32.2. The lowest BCUT2D eigenvalue weighted by atomic mass is 9.99. The Kier molecular flexibility index (Phi) is 7.46. The molecule has 3 aromatic rings. The molecule has 0 unspecified atom stereocenters. The van der Waals surface area contributed by atoms with Crippen LogP contribution in [-0.2, 0) is 21.1 Å². The van der Waals surface area contributed by atoms with Crippen molar-refractivity contribution in [2.45, 2.75) is 30.1 Å². The Morgan fingerprint density at radius 1 is 0.914 bits per heavy atom. The number of Topliss-reactive ketones (excluding diaryl/α,β-unsaturated/α-hetero) is 1. The Bertz CT molecular complexity index is 1410. The largest absolute Gasteiger partial charge is 0.478 e. The van der Waals surface area contributed by atoms with Crippen molar-refractivity contribution in [2.24, 2.45) is 0 Å². The summed E-state index contributed by atoms with van der Waals surface area (Å²) in [7, 11) is -3.77. The Balaban J connectivity index is 1.90. The second-order valence-corrected chi connectivity index (χ2v) is 9.40. The lowest BCUT2D eigenvalue weighted by molar-refractivity contribution is -0.120. The first kappa shape index (κ1) is 25.3. The predicted molar refractivity (Wildman–Crippen MR) is 126 cm³/mol. The van der Waals surface area contributed by atoms with Crippen molar-refractivity contribution in [3.63, 3.8) is 0 Å². The lowest BCUT2D eigenvalue weighted by Gasteiger charge is -2.12. The molecule has 35 heavy (non-hydrogen) atoms. The van der Waals surface area contributed by atoms with Crippen LogP contribution in [0.1, 0.15) is 50.5 Å². The van der Waals surface area contributed by atoms with Crippen molar-refractivity contribution < 1.29 is 37.4 Å². The number of hydrogen-bond donors (Lipinski definition) is 2. The van der Waals surface area contributed by atoms with Crippen LogP contribution in [0.2, 0.25) is 0 Å². The summed E-state index contributed by atoms with van der Waals surface area (Å²) in [6, 6.07) is 13.9. The highest BCUT2D eigenvalue weighted by Gasteiger charge is 2.23. The highest BCUT2D eigenvalue weighted by molar-refractivity contribution is 7.91. The zero-order valence-electron chi connectivity index (χ0n) is 18.8. The summed E-state index contributed by atoms with van der Waals surface area (Å²) in [5, 5.41) is 11.8. The Morgan fingerprint density at radius 2 is 1.49 bits per heavy atom. The number of aryl methyl sites for hydroxylation is 1. The summed E-state index contributed by atoms with van der Waals surface area (Å²) in [6.07, 6.45) is 0.779. The highest BCUT2D eigenvalue weighted by Crippen LogP contribution is 2.27. The van der Waals surface area contributed by atoms with Gasteiger partial charge in [0, 0.05) is 11.3 Å². The van der Waals surface area contributed by atoms with Crippen LogP contribution in [0.4, 0.5) is 5.69 Å². The molecule has 0 aliphatic heterocycles. The summed E-state index contributed by atoms with van der Waals surface area (Å²) in [4.78, 5) is 47.2. The van der Waals surface area contributed by atoms with Crippen LogP contribution >= 0.6 is 0 Å². The standard InChI is InChI=1S/C25H21NO8S/c1-3-16-4-8-18(9-5-16)35(32,33)19-10-6-17(7-11-19)26-24(29)22-12-20(15(2)28)21(25(30)31)13-23(22)34-14-27/h4-14H,3H2,1-2H3,(H,26,29)(H,30,31). The van der Waals surface area contributed by atoms with Crippen molar-refractivity contribution in [1.29, 1.82) is 0 Å². The van der Waals surface area contributed by atoms with Crippen LogP contribution in [0, 0.1) is 0 Å². The number of carboxylic acid groups (broad SMARTS) is 1. The van der Waals surface area contributed by atoms with Gasteiger partial charge in [-0.2, -0.15) is 0 Å². The van der Waals surface area contributed by atoms with E-state index in [2.05, 4.69) is 5.32 Å². The Labute approximate surface area is 201 Å². The minimum absolute atomic E-state index is 0.0226. The first-order chi connectivity index (χ1) is 16.6. The van der Waals surface area contributed by atoms with Gasteiger partial charge in [-0.25, -0.2) is 13.2 Å². The maximum atomic E-state index is 12.9. The number of sulfone groups is 1. The number of rotatable bonds is 9. The average molecular weight is 496 g/mol. The molecule has 0 bridgehead atoms. The van der Waals surface area contributed by atoms with E-state index in [1.54, 1.807) is 12.1 Å². The van der Waals surface area contributed by atoms with Crippen LogP contribution in [0.15, 0.2) is 70.5 Å². The molecule has 0 saturated carbocycles. The van der Waals surface area contributed by atoms with Gasteiger partial charge in [-0.15, -0.1) is 0 Å². The minimum atomic E-state index is -3.77. The number of anilines is 1. The maximum Gasteiger partial charge on any atom is 0.336 e. The molecule has 2 N–H and O–H groups in total. The van der Waals surface area contributed by atoms with Gasteiger partial charge in [0.05, 0.1) is 20.9 Å². The van der Waals surface area contributed by atoms with E-state index in [0.717, 1.165) is 31.0 Å². The molecule has 3 aromatic carbocycles. The molecule has 0 heterocycles. The van der Waals surface area contributed by atoms with Gasteiger partial charge in [0.2, 0.25) is 9.84 Å². The van der Waals surface area contributed by atoms with Gasteiger partial charge >= 0.3 is 5.97 Å². The molecule has 3 rings (SSSR count). The second kappa shape index (κ2) is 10.3. The molecule has 0 radical (unpaired) electrons. The molecular formula is C25H21NO8S. The molecule has 9 nitrogen and oxygen atoms in total. The fraction of sp³-hybridized carbons (Fsp3) is 0.120. The van der Waals surface area contributed by atoms with Crippen LogP contribution in [-0.4, -0.2) is 37.7 Å². The van der Waals surface area contributed by atoms with E-state index in [1.165, 1.54) is 36.4 Å². The number of carboxylic acids is 1. The Morgan fingerprint density at radius 3 is 1.97 bits per heavy atom. The first-order valence-corrected chi connectivity index (χ1v) is 11.8. The topological polar surface area (TPSA) is 144 Å². The average Bonchev–Trinajstić information content (AvgIpc) is 2.84. The van der Waals surface area contributed by atoms with E-state index in [-0.39, 0.29) is 38.8 Å². The number of hydrogen-bond acceptors (Lipinski definition) is 7. The maximum absolute atomic E-state index is 12.9.